The summed E-state index contributed by atoms with van der Waals surface area (Å²) in [4.78, 5) is 2.54. The van der Waals surface area contributed by atoms with Gasteiger partial charge in [0.1, 0.15) is 5.75 Å². The molecule has 2 aromatic rings. The Morgan fingerprint density at radius 1 is 0.893 bits per heavy atom. The third-order valence-corrected chi connectivity index (χ3v) is 5.56. The maximum Gasteiger partial charge on any atom is 0.119 e. The van der Waals surface area contributed by atoms with E-state index in [-0.39, 0.29) is 12.5 Å². The van der Waals surface area contributed by atoms with Gasteiger partial charge in [0.15, 0.2) is 0 Å². The molecule has 3 heteroatoms. The molecule has 0 heterocycles. The number of unbranched alkanes of at least 4 members (excludes halogenated alkanes) is 1. The number of phenolic OH excluding ortho intramolecular Hbond substituents is 1. The Balaban J connectivity index is 2.15. The highest BCUT2D eigenvalue weighted by molar-refractivity contribution is 5.43. The van der Waals surface area contributed by atoms with Crippen molar-refractivity contribution in [3.63, 3.8) is 0 Å². The van der Waals surface area contributed by atoms with Gasteiger partial charge in [0, 0.05) is 30.2 Å². The first-order valence-corrected chi connectivity index (χ1v) is 10.7. The Kier molecular flexibility index (Phi) is 9.01. The highest BCUT2D eigenvalue weighted by Crippen LogP contribution is 2.36. The zero-order valence-corrected chi connectivity index (χ0v) is 17.9. The summed E-state index contributed by atoms with van der Waals surface area (Å²) >= 11 is 0. The van der Waals surface area contributed by atoms with Crippen LogP contribution in [-0.2, 0) is 6.42 Å². The average molecular weight is 384 g/mol. The Morgan fingerprint density at radius 3 is 2.18 bits per heavy atom. The molecule has 154 valence electrons. The van der Waals surface area contributed by atoms with E-state index in [1.54, 1.807) is 6.07 Å². The van der Waals surface area contributed by atoms with E-state index in [0.29, 0.717) is 24.3 Å². The van der Waals surface area contributed by atoms with E-state index in [2.05, 4.69) is 62.9 Å². The van der Waals surface area contributed by atoms with E-state index < -0.39 is 0 Å². The highest BCUT2D eigenvalue weighted by Gasteiger charge is 2.19. The highest BCUT2D eigenvalue weighted by atomic mass is 16.3. The zero-order valence-electron chi connectivity index (χ0n) is 17.9. The van der Waals surface area contributed by atoms with Crippen LogP contribution in [0.2, 0.25) is 0 Å². The molecule has 0 amide bonds. The third kappa shape index (κ3) is 6.35. The predicted molar refractivity (Wildman–Crippen MR) is 118 cm³/mol. The summed E-state index contributed by atoms with van der Waals surface area (Å²) in [6.07, 6.45) is 3.88. The minimum Gasteiger partial charge on any atom is -0.508 e. The van der Waals surface area contributed by atoms with Crippen molar-refractivity contribution < 1.29 is 10.2 Å². The quantitative estimate of drug-likeness (QED) is 0.514. The van der Waals surface area contributed by atoms with Crippen LogP contribution in [0.3, 0.4) is 0 Å². The number of aromatic hydroxyl groups is 1. The maximum absolute atomic E-state index is 10.6. The molecular formula is C25H37NO2. The summed E-state index contributed by atoms with van der Waals surface area (Å²) in [6.45, 7) is 10.3. The molecule has 2 aromatic carbocycles. The van der Waals surface area contributed by atoms with Crippen LogP contribution in [-0.4, -0.2) is 40.3 Å². The van der Waals surface area contributed by atoms with Crippen molar-refractivity contribution in [2.24, 2.45) is 0 Å². The molecule has 0 bridgehead atoms. The van der Waals surface area contributed by atoms with Gasteiger partial charge in [-0.3, -0.25) is 4.90 Å². The largest absolute Gasteiger partial charge is 0.508 e. The van der Waals surface area contributed by atoms with Gasteiger partial charge >= 0.3 is 0 Å². The summed E-state index contributed by atoms with van der Waals surface area (Å²) in [6, 6.07) is 17.3. The molecule has 1 unspecified atom stereocenters. The van der Waals surface area contributed by atoms with Crippen LogP contribution in [0.25, 0.3) is 0 Å². The molecule has 2 N–H and O–H groups in total. The number of phenols is 1. The first kappa shape index (κ1) is 22.4. The van der Waals surface area contributed by atoms with Crippen LogP contribution in [0, 0.1) is 0 Å². The molecule has 0 fully saturated rings. The number of benzene rings is 2. The topological polar surface area (TPSA) is 43.7 Å². The zero-order chi connectivity index (χ0) is 20.5. The van der Waals surface area contributed by atoms with Gasteiger partial charge in [0.05, 0.1) is 0 Å². The summed E-state index contributed by atoms with van der Waals surface area (Å²) in [5, 5.41) is 19.8. The molecule has 1 atom stereocenters. The Morgan fingerprint density at radius 2 is 1.57 bits per heavy atom. The van der Waals surface area contributed by atoms with Crippen LogP contribution in [0.1, 0.15) is 69.6 Å². The fraction of sp³-hybridized carbons (Fsp3) is 0.520. The first-order chi connectivity index (χ1) is 13.4. The standard InChI is InChI=1S/C25H37NO2/c1-19(2)26(20(3)4)16-9-8-12-23(22-10-6-5-7-11-22)24-18-21(15-17-27)13-14-25(24)28/h5-7,10-11,13-14,18-20,23,27-28H,8-9,12,15-17H2,1-4H3. The maximum atomic E-state index is 10.6. The normalized spacial score (nSPS) is 12.9. The summed E-state index contributed by atoms with van der Waals surface area (Å²) in [5.41, 5.74) is 3.28. The minimum atomic E-state index is 0.125. The molecule has 3 nitrogen and oxygen atoms in total. The fourth-order valence-corrected chi connectivity index (χ4v) is 4.11. The Bertz CT molecular complexity index is 689. The summed E-state index contributed by atoms with van der Waals surface area (Å²) < 4.78 is 0. The number of aliphatic hydroxyl groups is 1. The van der Waals surface area contributed by atoms with E-state index in [1.165, 1.54) is 5.56 Å². The van der Waals surface area contributed by atoms with Crippen molar-refractivity contribution in [3.8, 4) is 5.75 Å². The molecule has 0 saturated carbocycles. The van der Waals surface area contributed by atoms with E-state index >= 15 is 0 Å². The SMILES string of the molecule is CC(C)N(CCCCC(c1ccccc1)c1cc(CCO)ccc1O)C(C)C. The van der Waals surface area contributed by atoms with Crippen LogP contribution >= 0.6 is 0 Å². The van der Waals surface area contributed by atoms with E-state index in [4.69, 9.17) is 0 Å². The predicted octanol–water partition coefficient (Wildman–Crippen LogP) is 5.35. The molecule has 0 aliphatic carbocycles. The second-order valence-electron chi connectivity index (χ2n) is 8.25. The summed E-state index contributed by atoms with van der Waals surface area (Å²) in [5.74, 6) is 0.521. The number of rotatable bonds is 11. The molecule has 28 heavy (non-hydrogen) atoms. The van der Waals surface area contributed by atoms with Crippen molar-refractivity contribution in [1.82, 2.24) is 4.90 Å². The van der Waals surface area contributed by atoms with Crippen molar-refractivity contribution in [2.45, 2.75) is 71.4 Å². The number of aliphatic hydroxyl groups excluding tert-OH is 1. The monoisotopic (exact) mass is 383 g/mol. The van der Waals surface area contributed by atoms with Gasteiger partial charge in [-0.05, 0) is 70.7 Å². The molecule has 0 radical (unpaired) electrons. The van der Waals surface area contributed by atoms with Crippen LogP contribution in [0.15, 0.2) is 48.5 Å². The van der Waals surface area contributed by atoms with Gasteiger partial charge in [-0.2, -0.15) is 0 Å². The van der Waals surface area contributed by atoms with Crippen LogP contribution in [0.4, 0.5) is 0 Å². The molecular weight excluding hydrogens is 346 g/mol. The molecule has 2 rings (SSSR count). The van der Waals surface area contributed by atoms with Gasteiger partial charge in [-0.15, -0.1) is 0 Å². The molecule has 0 aromatic heterocycles. The lowest BCUT2D eigenvalue weighted by atomic mass is 9.85. The molecule has 0 aliphatic heterocycles. The second-order valence-corrected chi connectivity index (χ2v) is 8.25. The number of hydrogen-bond donors (Lipinski definition) is 2. The fourth-order valence-electron chi connectivity index (χ4n) is 4.11. The van der Waals surface area contributed by atoms with Gasteiger partial charge < -0.3 is 10.2 Å². The van der Waals surface area contributed by atoms with Crippen LogP contribution in [0.5, 0.6) is 5.75 Å². The summed E-state index contributed by atoms with van der Waals surface area (Å²) in [7, 11) is 0. The van der Waals surface area contributed by atoms with Crippen LogP contribution < -0.4 is 0 Å². The van der Waals surface area contributed by atoms with Crippen molar-refractivity contribution in [3.05, 3.63) is 65.2 Å². The number of nitrogens with zero attached hydrogens (tertiary/aromatic N) is 1. The minimum absolute atomic E-state index is 0.125. The second kappa shape index (κ2) is 11.2. The van der Waals surface area contributed by atoms with Gasteiger partial charge in [0.2, 0.25) is 0 Å². The lowest BCUT2D eigenvalue weighted by Gasteiger charge is -2.30. The van der Waals surface area contributed by atoms with Crippen molar-refractivity contribution in [2.75, 3.05) is 13.2 Å². The van der Waals surface area contributed by atoms with E-state index in [1.807, 2.05) is 12.1 Å². The lowest BCUT2D eigenvalue weighted by molar-refractivity contribution is 0.171. The smallest absolute Gasteiger partial charge is 0.119 e. The first-order valence-electron chi connectivity index (χ1n) is 10.7. The van der Waals surface area contributed by atoms with Crippen molar-refractivity contribution >= 4 is 0 Å². The van der Waals surface area contributed by atoms with E-state index in [0.717, 1.165) is 36.9 Å². The third-order valence-electron chi connectivity index (χ3n) is 5.56. The Labute approximate surface area is 171 Å². The van der Waals surface area contributed by atoms with Crippen molar-refractivity contribution in [1.29, 1.82) is 0 Å². The molecule has 0 aliphatic rings. The van der Waals surface area contributed by atoms with E-state index in [9.17, 15) is 10.2 Å². The Hall–Kier alpha value is -1.84. The number of hydrogen-bond acceptors (Lipinski definition) is 3. The molecule has 0 saturated heterocycles. The lowest BCUT2D eigenvalue weighted by Crippen LogP contribution is -2.37. The van der Waals surface area contributed by atoms with Gasteiger partial charge in [-0.25, -0.2) is 0 Å². The average Bonchev–Trinajstić information content (AvgIpc) is 2.67. The molecule has 0 spiro atoms. The van der Waals surface area contributed by atoms with Gasteiger partial charge in [0.25, 0.3) is 0 Å². The van der Waals surface area contributed by atoms with Gasteiger partial charge in [-0.1, -0.05) is 48.9 Å².